The quantitative estimate of drug-likeness (QED) is 0.450. The second-order valence-electron chi connectivity index (χ2n) is 7.04. The third-order valence-electron chi connectivity index (χ3n) is 4.78. The van der Waals surface area contributed by atoms with E-state index in [1.165, 1.54) is 35.2 Å². The molecule has 0 aromatic heterocycles. The molecule has 0 saturated heterocycles. The number of halogens is 2. The SMILES string of the molecule is COc1ccc(CN(C)C(=O)CN(c2cccc(Cl)c2)S(=O)(=O)c2ccc(Cl)cc2)cc1. The van der Waals surface area contributed by atoms with Crippen LogP contribution in [-0.2, 0) is 21.4 Å². The van der Waals surface area contributed by atoms with E-state index in [1.54, 1.807) is 44.5 Å². The van der Waals surface area contributed by atoms with Crippen molar-refractivity contribution in [1.82, 2.24) is 4.90 Å². The molecular formula is C23H22Cl2N2O4S. The summed E-state index contributed by atoms with van der Waals surface area (Å²) in [6, 6.07) is 19.5. The zero-order valence-electron chi connectivity index (χ0n) is 17.5. The first kappa shape index (κ1) is 23.9. The van der Waals surface area contributed by atoms with Gasteiger partial charge in [0.25, 0.3) is 10.0 Å². The van der Waals surface area contributed by atoms with E-state index in [2.05, 4.69) is 0 Å². The molecule has 0 N–H and O–H groups in total. The van der Waals surface area contributed by atoms with Crippen molar-refractivity contribution in [3.05, 3.63) is 88.4 Å². The summed E-state index contributed by atoms with van der Waals surface area (Å²) in [5, 5.41) is 0.770. The van der Waals surface area contributed by atoms with E-state index in [-0.39, 0.29) is 10.8 Å². The van der Waals surface area contributed by atoms with Gasteiger partial charge >= 0.3 is 0 Å². The molecule has 6 nitrogen and oxygen atoms in total. The van der Waals surface area contributed by atoms with Crippen molar-refractivity contribution in [2.24, 2.45) is 0 Å². The Hall–Kier alpha value is -2.74. The molecule has 0 unspecified atom stereocenters. The topological polar surface area (TPSA) is 66.9 Å². The molecule has 0 bridgehead atoms. The maximum Gasteiger partial charge on any atom is 0.264 e. The summed E-state index contributed by atoms with van der Waals surface area (Å²) in [5.74, 6) is 0.335. The fraction of sp³-hybridized carbons (Fsp3) is 0.174. The van der Waals surface area contributed by atoms with Crippen molar-refractivity contribution in [3.63, 3.8) is 0 Å². The molecule has 1 amide bonds. The van der Waals surface area contributed by atoms with Crippen LogP contribution in [0.5, 0.6) is 5.75 Å². The Bertz CT molecular complexity index is 1180. The largest absolute Gasteiger partial charge is 0.497 e. The van der Waals surface area contributed by atoms with Crippen LogP contribution in [0.4, 0.5) is 5.69 Å². The smallest absolute Gasteiger partial charge is 0.264 e. The van der Waals surface area contributed by atoms with E-state index in [9.17, 15) is 13.2 Å². The number of carbonyl (C=O) groups excluding carboxylic acids is 1. The third-order valence-corrected chi connectivity index (χ3v) is 7.06. The molecule has 0 saturated carbocycles. The lowest BCUT2D eigenvalue weighted by molar-refractivity contribution is -0.128. The Morgan fingerprint density at radius 1 is 0.938 bits per heavy atom. The molecule has 0 aliphatic carbocycles. The number of nitrogens with zero attached hydrogens (tertiary/aromatic N) is 2. The molecular weight excluding hydrogens is 471 g/mol. The van der Waals surface area contributed by atoms with Crippen LogP contribution in [0.25, 0.3) is 0 Å². The number of likely N-dealkylation sites (N-methyl/N-ethyl adjacent to an activating group) is 1. The Morgan fingerprint density at radius 3 is 2.19 bits per heavy atom. The van der Waals surface area contributed by atoms with Crippen molar-refractivity contribution in [1.29, 1.82) is 0 Å². The predicted molar refractivity (Wildman–Crippen MR) is 127 cm³/mol. The number of methoxy groups -OCH3 is 1. The molecule has 168 valence electrons. The van der Waals surface area contributed by atoms with Crippen LogP contribution in [0.3, 0.4) is 0 Å². The summed E-state index contributed by atoms with van der Waals surface area (Å²) < 4.78 is 33.0. The highest BCUT2D eigenvalue weighted by Gasteiger charge is 2.28. The molecule has 9 heteroatoms. The fourth-order valence-corrected chi connectivity index (χ4v) is 4.73. The van der Waals surface area contributed by atoms with Crippen molar-refractivity contribution < 1.29 is 17.9 Å². The van der Waals surface area contributed by atoms with Gasteiger partial charge in [0.05, 0.1) is 17.7 Å². The molecule has 0 atom stereocenters. The minimum absolute atomic E-state index is 0.0208. The number of hydrogen-bond donors (Lipinski definition) is 0. The minimum Gasteiger partial charge on any atom is -0.497 e. The molecule has 0 radical (unpaired) electrons. The third kappa shape index (κ3) is 5.73. The van der Waals surface area contributed by atoms with Crippen molar-refractivity contribution in [2.45, 2.75) is 11.4 Å². The number of anilines is 1. The number of sulfonamides is 1. The first-order valence-electron chi connectivity index (χ1n) is 9.61. The lowest BCUT2D eigenvalue weighted by atomic mass is 10.2. The number of ether oxygens (including phenoxy) is 1. The number of benzene rings is 3. The molecule has 0 spiro atoms. The van der Waals surface area contributed by atoms with E-state index >= 15 is 0 Å². The highest BCUT2D eigenvalue weighted by Crippen LogP contribution is 2.27. The molecule has 3 aromatic carbocycles. The predicted octanol–water partition coefficient (Wildman–Crippen LogP) is 4.86. The Balaban J connectivity index is 1.88. The molecule has 0 aliphatic heterocycles. The molecule has 3 rings (SSSR count). The van der Waals surface area contributed by atoms with E-state index < -0.39 is 16.6 Å². The van der Waals surface area contributed by atoms with Gasteiger partial charge in [0.15, 0.2) is 0 Å². The molecule has 3 aromatic rings. The van der Waals surface area contributed by atoms with Gasteiger partial charge < -0.3 is 9.64 Å². The second-order valence-corrected chi connectivity index (χ2v) is 9.78. The van der Waals surface area contributed by atoms with E-state index in [4.69, 9.17) is 27.9 Å². The van der Waals surface area contributed by atoms with Crippen LogP contribution in [0.1, 0.15) is 5.56 Å². The van der Waals surface area contributed by atoms with E-state index in [1.807, 2.05) is 12.1 Å². The summed E-state index contributed by atoms with van der Waals surface area (Å²) in [6.45, 7) is -0.0782. The van der Waals surface area contributed by atoms with Crippen LogP contribution in [0, 0.1) is 0 Å². The average molecular weight is 493 g/mol. The first-order chi connectivity index (χ1) is 15.2. The van der Waals surface area contributed by atoms with Crippen LogP contribution >= 0.6 is 23.2 Å². The van der Waals surface area contributed by atoms with E-state index in [0.29, 0.717) is 28.0 Å². The normalized spacial score (nSPS) is 11.1. The molecule has 0 heterocycles. The summed E-state index contributed by atoms with van der Waals surface area (Å²) in [7, 11) is -0.844. The van der Waals surface area contributed by atoms with Gasteiger partial charge in [-0.15, -0.1) is 0 Å². The van der Waals surface area contributed by atoms with E-state index in [0.717, 1.165) is 9.87 Å². The second kappa shape index (κ2) is 10.3. The van der Waals surface area contributed by atoms with Crippen LogP contribution in [-0.4, -0.2) is 39.9 Å². The molecule has 0 fully saturated rings. The fourth-order valence-electron chi connectivity index (χ4n) is 3.02. The lowest BCUT2D eigenvalue weighted by Crippen LogP contribution is -2.41. The Morgan fingerprint density at radius 2 is 1.59 bits per heavy atom. The van der Waals surface area contributed by atoms with Gasteiger partial charge in [-0.1, -0.05) is 41.4 Å². The lowest BCUT2D eigenvalue weighted by Gasteiger charge is -2.27. The molecule has 32 heavy (non-hydrogen) atoms. The van der Waals surface area contributed by atoms with Crippen molar-refractivity contribution >= 4 is 44.8 Å². The number of hydrogen-bond acceptors (Lipinski definition) is 4. The highest BCUT2D eigenvalue weighted by atomic mass is 35.5. The number of carbonyl (C=O) groups is 1. The zero-order valence-corrected chi connectivity index (χ0v) is 19.9. The standard InChI is InChI=1S/C23H22Cl2N2O4S/c1-26(15-17-6-10-21(31-2)11-7-17)23(28)16-27(20-5-3-4-19(25)14-20)32(29,30)22-12-8-18(24)9-13-22/h3-14H,15-16H2,1-2H3. The first-order valence-corrected chi connectivity index (χ1v) is 11.8. The van der Waals surface area contributed by atoms with Gasteiger partial charge in [0.1, 0.15) is 12.3 Å². The summed E-state index contributed by atoms with van der Waals surface area (Å²) in [4.78, 5) is 14.5. The summed E-state index contributed by atoms with van der Waals surface area (Å²) in [5.41, 5.74) is 1.18. The van der Waals surface area contributed by atoms with Gasteiger partial charge in [0, 0.05) is 23.6 Å². The van der Waals surface area contributed by atoms with Crippen LogP contribution in [0.15, 0.2) is 77.7 Å². The van der Waals surface area contributed by atoms with Gasteiger partial charge in [-0.2, -0.15) is 0 Å². The molecule has 0 aliphatic rings. The van der Waals surface area contributed by atoms with Gasteiger partial charge in [-0.3, -0.25) is 9.10 Å². The Kier molecular flexibility index (Phi) is 7.66. The van der Waals surface area contributed by atoms with Crippen LogP contribution < -0.4 is 9.04 Å². The van der Waals surface area contributed by atoms with Crippen molar-refractivity contribution in [3.8, 4) is 5.75 Å². The zero-order chi connectivity index (χ0) is 23.3. The maximum atomic E-state index is 13.4. The summed E-state index contributed by atoms with van der Waals surface area (Å²) in [6.07, 6.45) is 0. The van der Waals surface area contributed by atoms with Gasteiger partial charge in [-0.05, 0) is 60.2 Å². The number of amides is 1. The van der Waals surface area contributed by atoms with Crippen molar-refractivity contribution in [2.75, 3.05) is 25.0 Å². The van der Waals surface area contributed by atoms with Gasteiger partial charge in [-0.25, -0.2) is 8.42 Å². The highest BCUT2D eigenvalue weighted by molar-refractivity contribution is 7.92. The number of rotatable bonds is 8. The van der Waals surface area contributed by atoms with Crippen LogP contribution in [0.2, 0.25) is 10.0 Å². The monoisotopic (exact) mass is 492 g/mol. The Labute approximate surface area is 198 Å². The van der Waals surface area contributed by atoms with Gasteiger partial charge in [0.2, 0.25) is 5.91 Å². The minimum atomic E-state index is -4.05. The average Bonchev–Trinajstić information content (AvgIpc) is 2.78. The maximum absolute atomic E-state index is 13.4. The summed E-state index contributed by atoms with van der Waals surface area (Å²) >= 11 is 12.0.